The molecule has 0 spiro atoms. The Bertz CT molecular complexity index is 869. The molecule has 2 aromatic rings. The first-order valence-electron chi connectivity index (χ1n) is 9.39. The minimum absolute atomic E-state index is 0.0360. The summed E-state index contributed by atoms with van der Waals surface area (Å²) >= 11 is 0. The Labute approximate surface area is 167 Å². The van der Waals surface area contributed by atoms with Crippen molar-refractivity contribution >= 4 is 11.9 Å². The molecule has 1 unspecified atom stereocenters. The molecule has 1 aromatic carbocycles. The largest absolute Gasteiger partial charge is 0.443 e. The van der Waals surface area contributed by atoms with E-state index in [0.29, 0.717) is 37.4 Å². The summed E-state index contributed by atoms with van der Waals surface area (Å²) in [5.74, 6) is 0.637. The summed E-state index contributed by atoms with van der Waals surface area (Å²) in [4.78, 5) is 14.3. The van der Waals surface area contributed by atoms with Gasteiger partial charge in [-0.1, -0.05) is 12.1 Å². The SMILES string of the molecule is CC(C)(C)OC(=O)N1CC(CN)Cn2ncc(Cc3ccc(C(F)(F)F)cc3)c21. The molecule has 1 aliphatic rings. The number of ether oxygens (including phenoxy) is 1. The van der Waals surface area contributed by atoms with Gasteiger partial charge in [-0.3, -0.25) is 4.90 Å². The molecule has 0 bridgehead atoms. The number of hydrogen-bond donors (Lipinski definition) is 1. The number of aromatic nitrogens is 2. The minimum Gasteiger partial charge on any atom is -0.443 e. The second-order valence-electron chi connectivity index (χ2n) is 8.24. The fourth-order valence-electron chi connectivity index (χ4n) is 3.29. The van der Waals surface area contributed by atoms with Crippen LogP contribution in [0.25, 0.3) is 0 Å². The lowest BCUT2D eigenvalue weighted by atomic mass is 10.0. The maximum absolute atomic E-state index is 12.8. The van der Waals surface area contributed by atoms with Crippen LogP contribution in [0.3, 0.4) is 0 Å². The summed E-state index contributed by atoms with van der Waals surface area (Å²) in [7, 11) is 0. The molecule has 1 aliphatic heterocycles. The van der Waals surface area contributed by atoms with Crippen molar-refractivity contribution < 1.29 is 22.7 Å². The monoisotopic (exact) mass is 410 g/mol. The van der Waals surface area contributed by atoms with Crippen LogP contribution in [0.15, 0.2) is 30.5 Å². The maximum Gasteiger partial charge on any atom is 0.416 e. The molecule has 1 atom stereocenters. The van der Waals surface area contributed by atoms with E-state index in [1.54, 1.807) is 31.6 Å². The molecule has 0 radical (unpaired) electrons. The predicted octanol–water partition coefficient (Wildman–Crippen LogP) is 3.82. The number of benzene rings is 1. The molecule has 3 rings (SSSR count). The van der Waals surface area contributed by atoms with Crippen molar-refractivity contribution in [3.05, 3.63) is 47.2 Å². The van der Waals surface area contributed by atoms with Crippen LogP contribution >= 0.6 is 0 Å². The molecule has 29 heavy (non-hydrogen) atoms. The zero-order chi connectivity index (χ0) is 21.4. The van der Waals surface area contributed by atoms with Gasteiger partial charge in [-0.2, -0.15) is 18.3 Å². The molecular weight excluding hydrogens is 385 g/mol. The summed E-state index contributed by atoms with van der Waals surface area (Å²) in [6.45, 7) is 6.73. The number of nitrogens with two attached hydrogens (primary N) is 1. The van der Waals surface area contributed by atoms with E-state index in [4.69, 9.17) is 10.5 Å². The van der Waals surface area contributed by atoms with Crippen molar-refractivity contribution in [1.82, 2.24) is 9.78 Å². The maximum atomic E-state index is 12.8. The summed E-state index contributed by atoms with van der Waals surface area (Å²) < 4.78 is 45.6. The van der Waals surface area contributed by atoms with Crippen LogP contribution in [0.5, 0.6) is 0 Å². The highest BCUT2D eigenvalue weighted by Crippen LogP contribution is 2.32. The van der Waals surface area contributed by atoms with E-state index < -0.39 is 23.4 Å². The number of hydrogen-bond acceptors (Lipinski definition) is 4. The second kappa shape index (κ2) is 7.70. The molecule has 0 aliphatic carbocycles. The lowest BCUT2D eigenvalue weighted by Gasteiger charge is -2.34. The van der Waals surface area contributed by atoms with Gasteiger partial charge in [-0.15, -0.1) is 0 Å². The van der Waals surface area contributed by atoms with E-state index >= 15 is 0 Å². The molecule has 0 saturated heterocycles. The van der Waals surface area contributed by atoms with Crippen molar-refractivity contribution in [1.29, 1.82) is 0 Å². The van der Waals surface area contributed by atoms with Crippen molar-refractivity contribution in [2.24, 2.45) is 11.7 Å². The highest BCUT2D eigenvalue weighted by Gasteiger charge is 2.34. The van der Waals surface area contributed by atoms with Crippen LogP contribution in [0.1, 0.15) is 37.5 Å². The van der Waals surface area contributed by atoms with Gasteiger partial charge in [0.05, 0.1) is 11.8 Å². The summed E-state index contributed by atoms with van der Waals surface area (Å²) in [6, 6.07) is 5.00. The van der Waals surface area contributed by atoms with Gasteiger partial charge in [0.2, 0.25) is 0 Å². The lowest BCUT2D eigenvalue weighted by Crippen LogP contribution is -2.47. The third kappa shape index (κ3) is 4.90. The van der Waals surface area contributed by atoms with Crippen LogP contribution in [-0.2, 0) is 23.9 Å². The summed E-state index contributed by atoms with van der Waals surface area (Å²) in [5, 5.41) is 4.37. The zero-order valence-electron chi connectivity index (χ0n) is 16.7. The first kappa shape index (κ1) is 21.2. The lowest BCUT2D eigenvalue weighted by molar-refractivity contribution is -0.137. The summed E-state index contributed by atoms with van der Waals surface area (Å²) in [6.07, 6.45) is -2.88. The van der Waals surface area contributed by atoms with Crippen LogP contribution in [-0.4, -0.2) is 34.6 Å². The Balaban J connectivity index is 1.89. The van der Waals surface area contributed by atoms with Crippen LogP contribution < -0.4 is 10.6 Å². The van der Waals surface area contributed by atoms with Crippen molar-refractivity contribution in [2.45, 2.75) is 45.5 Å². The van der Waals surface area contributed by atoms with E-state index in [0.717, 1.165) is 17.7 Å². The number of halogens is 3. The Morgan fingerprint density at radius 3 is 2.41 bits per heavy atom. The molecule has 2 heterocycles. The van der Waals surface area contributed by atoms with Crippen LogP contribution in [0, 0.1) is 5.92 Å². The average Bonchev–Trinajstić information content (AvgIpc) is 3.02. The first-order chi connectivity index (χ1) is 13.5. The standard InChI is InChI=1S/C20H25F3N4O2/c1-19(2,3)29-18(28)26-11-14(9-24)12-27-17(26)15(10-25-27)8-13-4-6-16(7-5-13)20(21,22)23/h4-7,10,14H,8-9,11-12,24H2,1-3H3. The summed E-state index contributed by atoms with van der Waals surface area (Å²) in [5.41, 5.74) is 5.90. The van der Waals surface area contributed by atoms with Crippen LogP contribution in [0.4, 0.5) is 23.8 Å². The Morgan fingerprint density at radius 2 is 1.86 bits per heavy atom. The number of nitrogens with zero attached hydrogens (tertiary/aromatic N) is 3. The van der Waals surface area contributed by atoms with Gasteiger partial charge in [0.15, 0.2) is 0 Å². The molecule has 1 aromatic heterocycles. The van der Waals surface area contributed by atoms with Crippen molar-refractivity contribution in [3.8, 4) is 0 Å². The fourth-order valence-corrected chi connectivity index (χ4v) is 3.29. The molecule has 2 N–H and O–H groups in total. The van der Waals surface area contributed by atoms with Crippen molar-refractivity contribution in [2.75, 3.05) is 18.0 Å². The Hall–Kier alpha value is -2.55. The van der Waals surface area contributed by atoms with E-state index in [1.165, 1.54) is 17.0 Å². The first-order valence-corrected chi connectivity index (χ1v) is 9.39. The van der Waals surface area contributed by atoms with E-state index in [1.807, 2.05) is 0 Å². The normalized spacial score (nSPS) is 17.2. The third-order valence-electron chi connectivity index (χ3n) is 4.64. The molecule has 0 saturated carbocycles. The topological polar surface area (TPSA) is 73.4 Å². The number of carbonyl (C=O) groups excluding carboxylic acids is 1. The van der Waals surface area contributed by atoms with Gasteiger partial charge in [-0.25, -0.2) is 9.48 Å². The number of amides is 1. The minimum atomic E-state index is -4.37. The second-order valence-corrected chi connectivity index (χ2v) is 8.24. The smallest absolute Gasteiger partial charge is 0.416 e. The Morgan fingerprint density at radius 1 is 1.21 bits per heavy atom. The van der Waals surface area contributed by atoms with Gasteiger partial charge >= 0.3 is 12.3 Å². The third-order valence-corrected chi connectivity index (χ3v) is 4.64. The van der Waals surface area contributed by atoms with Crippen LogP contribution in [0.2, 0.25) is 0 Å². The average molecular weight is 410 g/mol. The molecular formula is C20H25F3N4O2. The van der Waals surface area contributed by atoms with E-state index in [-0.39, 0.29) is 5.92 Å². The number of rotatable bonds is 3. The highest BCUT2D eigenvalue weighted by atomic mass is 19.4. The van der Waals surface area contributed by atoms with E-state index in [2.05, 4.69) is 5.10 Å². The fraction of sp³-hybridized carbons (Fsp3) is 0.500. The number of anilines is 1. The Kier molecular flexibility index (Phi) is 5.62. The van der Waals surface area contributed by atoms with Gasteiger partial charge in [0.1, 0.15) is 11.4 Å². The van der Waals surface area contributed by atoms with Crippen molar-refractivity contribution in [3.63, 3.8) is 0 Å². The van der Waals surface area contributed by atoms with Gasteiger partial charge in [0, 0.05) is 31.0 Å². The van der Waals surface area contributed by atoms with Gasteiger partial charge < -0.3 is 10.5 Å². The predicted molar refractivity (Wildman–Crippen MR) is 103 cm³/mol. The highest BCUT2D eigenvalue weighted by molar-refractivity contribution is 5.88. The molecule has 6 nitrogen and oxygen atoms in total. The number of alkyl halides is 3. The van der Waals surface area contributed by atoms with E-state index in [9.17, 15) is 18.0 Å². The van der Waals surface area contributed by atoms with Gasteiger partial charge in [-0.05, 0) is 45.0 Å². The number of carbonyl (C=O) groups is 1. The molecule has 158 valence electrons. The zero-order valence-corrected chi connectivity index (χ0v) is 16.7. The molecule has 9 heteroatoms. The van der Waals surface area contributed by atoms with Gasteiger partial charge in [0.25, 0.3) is 0 Å². The quantitative estimate of drug-likeness (QED) is 0.835. The molecule has 0 fully saturated rings. The number of fused-ring (bicyclic) bond motifs is 1. The molecule has 1 amide bonds.